The number of unbranched alkanes of at least 4 members (excludes halogenated alkanes) is 7. The fourth-order valence-electron chi connectivity index (χ4n) is 3.20. The number of hydrogen-bond donors (Lipinski definition) is 0. The lowest BCUT2D eigenvalue weighted by Crippen LogP contribution is -1.89. The maximum atomic E-state index is 6.06. The molecule has 26 heavy (non-hydrogen) atoms. The number of allylic oxidation sites excluding steroid dienone is 1. The molecule has 0 N–H and O–H groups in total. The zero-order valence-electron chi connectivity index (χ0n) is 16.5. The summed E-state index contributed by atoms with van der Waals surface area (Å²) in [5.74, 6) is 1.81. The van der Waals surface area contributed by atoms with Crippen molar-refractivity contribution in [3.63, 3.8) is 0 Å². The quantitative estimate of drug-likeness (QED) is 0.350. The highest BCUT2D eigenvalue weighted by atomic mass is 16.5. The Kier molecular flexibility index (Phi) is 9.64. The molecule has 0 aliphatic carbocycles. The zero-order chi connectivity index (χ0) is 18.5. The first-order chi connectivity index (χ1) is 12.8. The van der Waals surface area contributed by atoms with Gasteiger partial charge >= 0.3 is 0 Å². The second-order valence-corrected chi connectivity index (χ2v) is 7.01. The molecular formula is C25H34O. The first-order valence-electron chi connectivity index (χ1n) is 10.3. The lowest BCUT2D eigenvalue weighted by atomic mass is 10.0. The first kappa shape index (κ1) is 20.3. The van der Waals surface area contributed by atoms with Crippen LogP contribution in [0.3, 0.4) is 0 Å². The van der Waals surface area contributed by atoms with E-state index in [4.69, 9.17) is 4.74 Å². The predicted octanol–water partition coefficient (Wildman–Crippen LogP) is 8.20. The van der Waals surface area contributed by atoms with Crippen LogP contribution in [0, 0.1) is 0 Å². The molecule has 0 fully saturated rings. The number of ether oxygens (including phenoxy) is 1. The number of aryl methyl sites for hydroxylation is 1. The maximum Gasteiger partial charge on any atom is 0.134 e. The highest BCUT2D eigenvalue weighted by Gasteiger charge is 2.02. The Morgan fingerprint density at radius 1 is 0.769 bits per heavy atom. The third-order valence-corrected chi connectivity index (χ3v) is 4.74. The van der Waals surface area contributed by atoms with Crippen LogP contribution in [0.5, 0.6) is 11.5 Å². The summed E-state index contributed by atoms with van der Waals surface area (Å²) in [5, 5.41) is 0. The van der Waals surface area contributed by atoms with Gasteiger partial charge in [-0.15, -0.1) is 0 Å². The van der Waals surface area contributed by atoms with E-state index in [-0.39, 0.29) is 0 Å². The van der Waals surface area contributed by atoms with Gasteiger partial charge in [-0.3, -0.25) is 0 Å². The average Bonchev–Trinajstić information content (AvgIpc) is 2.67. The molecule has 1 nitrogen and oxygen atoms in total. The molecule has 0 aliphatic heterocycles. The molecule has 2 aromatic rings. The van der Waals surface area contributed by atoms with Gasteiger partial charge in [-0.2, -0.15) is 0 Å². The summed E-state index contributed by atoms with van der Waals surface area (Å²) >= 11 is 0. The van der Waals surface area contributed by atoms with Gasteiger partial charge in [0, 0.05) is 5.56 Å². The van der Waals surface area contributed by atoms with Crippen molar-refractivity contribution in [3.05, 3.63) is 65.7 Å². The maximum absolute atomic E-state index is 6.06. The van der Waals surface area contributed by atoms with Crippen LogP contribution in [0.4, 0.5) is 0 Å². The molecule has 0 saturated carbocycles. The van der Waals surface area contributed by atoms with Crippen molar-refractivity contribution in [1.82, 2.24) is 0 Å². The molecule has 2 rings (SSSR count). The van der Waals surface area contributed by atoms with Crippen molar-refractivity contribution in [2.75, 3.05) is 0 Å². The summed E-state index contributed by atoms with van der Waals surface area (Å²) in [7, 11) is 0. The van der Waals surface area contributed by atoms with Gasteiger partial charge in [-0.1, -0.05) is 94.4 Å². The topological polar surface area (TPSA) is 9.23 Å². The van der Waals surface area contributed by atoms with Gasteiger partial charge in [0.2, 0.25) is 0 Å². The zero-order valence-corrected chi connectivity index (χ0v) is 16.5. The van der Waals surface area contributed by atoms with Gasteiger partial charge < -0.3 is 4.74 Å². The van der Waals surface area contributed by atoms with Gasteiger partial charge in [-0.05, 0) is 43.5 Å². The molecule has 0 atom stereocenters. The van der Waals surface area contributed by atoms with Crippen LogP contribution in [0.2, 0.25) is 0 Å². The van der Waals surface area contributed by atoms with Crippen molar-refractivity contribution in [2.24, 2.45) is 0 Å². The van der Waals surface area contributed by atoms with E-state index in [9.17, 15) is 0 Å². The van der Waals surface area contributed by atoms with E-state index < -0.39 is 0 Å². The Bertz CT molecular complexity index is 639. The van der Waals surface area contributed by atoms with E-state index in [2.05, 4.69) is 43.3 Å². The van der Waals surface area contributed by atoms with Crippen LogP contribution >= 0.6 is 0 Å². The van der Waals surface area contributed by atoms with E-state index in [0.29, 0.717) is 0 Å². The van der Waals surface area contributed by atoms with Crippen LogP contribution in [-0.4, -0.2) is 0 Å². The van der Waals surface area contributed by atoms with Crippen LogP contribution in [0.1, 0.15) is 76.3 Å². The molecule has 0 heterocycles. The van der Waals surface area contributed by atoms with E-state index >= 15 is 0 Å². The monoisotopic (exact) mass is 350 g/mol. The summed E-state index contributed by atoms with van der Waals surface area (Å²) in [6.07, 6.45) is 16.3. The summed E-state index contributed by atoms with van der Waals surface area (Å²) in [6, 6.07) is 16.7. The van der Waals surface area contributed by atoms with Crippen LogP contribution in [0.25, 0.3) is 6.08 Å². The molecule has 0 amide bonds. The van der Waals surface area contributed by atoms with Gasteiger partial charge in [0.05, 0.1) is 0 Å². The standard InChI is InChI=1S/C25H34O/c1-3-5-6-7-8-9-10-11-15-22-18-20-24(21-19-22)26-25-17-13-12-16-23(25)14-4-2/h4,12-14,16-21H,3,5-11,15H2,1-2H3. The largest absolute Gasteiger partial charge is 0.457 e. The molecule has 0 aliphatic rings. The highest BCUT2D eigenvalue weighted by molar-refractivity contribution is 5.57. The Balaban J connectivity index is 1.73. The minimum absolute atomic E-state index is 0.904. The van der Waals surface area contributed by atoms with Crippen LogP contribution < -0.4 is 4.74 Å². The molecule has 1 heteroatoms. The summed E-state index contributed by atoms with van der Waals surface area (Å²) in [4.78, 5) is 0. The molecule has 140 valence electrons. The fraction of sp³-hybridized carbons (Fsp3) is 0.440. The number of benzene rings is 2. The number of hydrogen-bond acceptors (Lipinski definition) is 1. The Morgan fingerprint density at radius 2 is 1.42 bits per heavy atom. The normalized spacial score (nSPS) is 11.2. The third kappa shape index (κ3) is 7.47. The fourth-order valence-corrected chi connectivity index (χ4v) is 3.20. The SMILES string of the molecule is CC=Cc1ccccc1Oc1ccc(CCCCCCCCCC)cc1. The van der Waals surface area contributed by atoms with Gasteiger partial charge in [0.15, 0.2) is 0 Å². The molecule has 0 bridgehead atoms. The van der Waals surface area contributed by atoms with E-state index in [1.54, 1.807) is 0 Å². The predicted molar refractivity (Wildman–Crippen MR) is 114 cm³/mol. The lowest BCUT2D eigenvalue weighted by molar-refractivity contribution is 0.481. The molecule has 0 unspecified atom stereocenters. The molecule has 0 radical (unpaired) electrons. The third-order valence-electron chi connectivity index (χ3n) is 4.74. The summed E-state index contributed by atoms with van der Waals surface area (Å²) < 4.78 is 6.06. The molecular weight excluding hydrogens is 316 g/mol. The average molecular weight is 351 g/mol. The van der Waals surface area contributed by atoms with Crippen molar-refractivity contribution >= 4 is 6.08 Å². The Morgan fingerprint density at radius 3 is 2.12 bits per heavy atom. The van der Waals surface area contributed by atoms with Crippen LogP contribution in [-0.2, 0) is 6.42 Å². The summed E-state index contributed by atoms with van der Waals surface area (Å²) in [5.41, 5.74) is 2.52. The Hall–Kier alpha value is -2.02. The molecule has 0 aromatic heterocycles. The number of rotatable bonds is 12. The van der Waals surface area contributed by atoms with Crippen molar-refractivity contribution in [3.8, 4) is 11.5 Å². The second kappa shape index (κ2) is 12.4. The lowest BCUT2D eigenvalue weighted by Gasteiger charge is -2.09. The minimum atomic E-state index is 0.904. The van der Waals surface area contributed by atoms with E-state index in [1.165, 1.54) is 63.4 Å². The van der Waals surface area contributed by atoms with Gasteiger partial charge in [0.1, 0.15) is 11.5 Å². The molecule has 0 spiro atoms. The van der Waals surface area contributed by atoms with Crippen LogP contribution in [0.15, 0.2) is 54.6 Å². The second-order valence-electron chi connectivity index (χ2n) is 7.01. The van der Waals surface area contributed by atoms with Gasteiger partial charge in [0.25, 0.3) is 0 Å². The Labute approximate surface area is 160 Å². The summed E-state index contributed by atoms with van der Waals surface area (Å²) in [6.45, 7) is 4.30. The van der Waals surface area contributed by atoms with Crippen molar-refractivity contribution in [1.29, 1.82) is 0 Å². The van der Waals surface area contributed by atoms with Gasteiger partial charge in [-0.25, -0.2) is 0 Å². The molecule has 2 aromatic carbocycles. The van der Waals surface area contributed by atoms with E-state index in [1.807, 2.05) is 31.2 Å². The molecule has 0 saturated heterocycles. The highest BCUT2D eigenvalue weighted by Crippen LogP contribution is 2.26. The van der Waals surface area contributed by atoms with Crippen molar-refractivity contribution < 1.29 is 4.74 Å². The van der Waals surface area contributed by atoms with E-state index in [0.717, 1.165) is 17.1 Å². The smallest absolute Gasteiger partial charge is 0.134 e. The number of para-hydroxylation sites is 1. The minimum Gasteiger partial charge on any atom is -0.457 e. The van der Waals surface area contributed by atoms with Crippen molar-refractivity contribution in [2.45, 2.75) is 71.6 Å². The first-order valence-corrected chi connectivity index (χ1v) is 10.3.